The standard InChI is InChI=1S/C21H26F3N7O5/c1-11(21(22,23)24)27-19(34)14-2-3-15-18(28-14)31(12-4-5-30(15)8-12)20(35)29-16-6-26-17(7-25-16)36-10-13(33)9-32/h2-3,6-7,11-14,28,32-33H,4-5,8-10H2,1H3,(H,27,34)(H,25,29,35)/t11-,12+,13-,14?/m1/s1. The highest BCUT2D eigenvalue weighted by molar-refractivity contribution is 5.91. The number of aliphatic hydroxyl groups is 2. The Hall–Kier alpha value is -3.59. The van der Waals surface area contributed by atoms with Crippen LogP contribution in [0, 0.1) is 0 Å². The lowest BCUT2D eigenvalue weighted by Crippen LogP contribution is -2.57. The van der Waals surface area contributed by atoms with Crippen molar-refractivity contribution in [1.82, 2.24) is 30.4 Å². The number of nitrogens with zero attached hydrogens (tertiary/aromatic N) is 4. The van der Waals surface area contributed by atoms with Crippen LogP contribution in [0.25, 0.3) is 0 Å². The summed E-state index contributed by atoms with van der Waals surface area (Å²) in [6, 6.07) is -3.92. The second kappa shape index (κ2) is 10.2. The van der Waals surface area contributed by atoms with Crippen molar-refractivity contribution in [3.05, 3.63) is 36.1 Å². The maximum Gasteiger partial charge on any atom is 0.408 e. The predicted molar refractivity (Wildman–Crippen MR) is 118 cm³/mol. The van der Waals surface area contributed by atoms with Gasteiger partial charge >= 0.3 is 12.2 Å². The largest absolute Gasteiger partial charge is 0.474 e. The summed E-state index contributed by atoms with van der Waals surface area (Å²) >= 11 is 0. The fraction of sp³-hybridized carbons (Fsp3) is 0.524. The molecule has 0 spiro atoms. The highest BCUT2D eigenvalue weighted by atomic mass is 19.4. The number of rotatable bonds is 7. The zero-order valence-corrected chi connectivity index (χ0v) is 19.2. The Bertz CT molecular complexity index is 1050. The lowest BCUT2D eigenvalue weighted by Gasteiger charge is -2.41. The molecule has 0 aromatic carbocycles. The molecule has 0 saturated carbocycles. The lowest BCUT2D eigenvalue weighted by atomic mass is 10.1. The summed E-state index contributed by atoms with van der Waals surface area (Å²) in [5.74, 6) is -0.369. The number of fused-ring (bicyclic) bond motifs is 3. The molecule has 4 heterocycles. The minimum atomic E-state index is -4.58. The van der Waals surface area contributed by atoms with Crippen LogP contribution in [0.1, 0.15) is 13.3 Å². The molecule has 12 nitrogen and oxygen atoms in total. The first kappa shape index (κ1) is 25.5. The quantitative estimate of drug-likeness (QED) is 0.336. The first-order chi connectivity index (χ1) is 17.1. The zero-order valence-electron chi connectivity index (χ0n) is 19.2. The summed E-state index contributed by atoms with van der Waals surface area (Å²) in [5.41, 5.74) is 0.657. The molecule has 4 rings (SSSR count). The van der Waals surface area contributed by atoms with E-state index in [2.05, 4.69) is 20.6 Å². The fourth-order valence-electron chi connectivity index (χ4n) is 4.00. The number of aliphatic hydroxyl groups excluding tert-OH is 2. The van der Waals surface area contributed by atoms with E-state index in [1.54, 1.807) is 6.08 Å². The van der Waals surface area contributed by atoms with Crippen molar-refractivity contribution in [2.45, 2.75) is 43.8 Å². The van der Waals surface area contributed by atoms with Crippen molar-refractivity contribution in [2.24, 2.45) is 0 Å². The minimum Gasteiger partial charge on any atom is -0.474 e. The Kier molecular flexibility index (Phi) is 7.21. The van der Waals surface area contributed by atoms with Crippen LogP contribution in [0.3, 0.4) is 0 Å². The van der Waals surface area contributed by atoms with E-state index in [1.807, 2.05) is 10.2 Å². The minimum absolute atomic E-state index is 0.0796. The van der Waals surface area contributed by atoms with E-state index in [4.69, 9.17) is 9.84 Å². The molecule has 1 aromatic rings. The molecule has 196 valence electrons. The van der Waals surface area contributed by atoms with Gasteiger partial charge in [0.1, 0.15) is 30.6 Å². The van der Waals surface area contributed by atoms with Crippen LogP contribution in [0.5, 0.6) is 5.88 Å². The number of anilines is 1. The predicted octanol–water partition coefficient (Wildman–Crippen LogP) is -0.105. The second-order valence-corrected chi connectivity index (χ2v) is 8.56. The molecule has 4 atom stereocenters. The maximum atomic E-state index is 13.2. The number of carbonyl (C=O) groups excluding carboxylic acids is 2. The van der Waals surface area contributed by atoms with Gasteiger partial charge in [0.05, 0.1) is 30.7 Å². The van der Waals surface area contributed by atoms with Crippen LogP contribution in [0.2, 0.25) is 0 Å². The van der Waals surface area contributed by atoms with Crippen LogP contribution in [0.4, 0.5) is 23.8 Å². The number of allylic oxidation sites excluding steroid dienone is 1. The molecule has 1 fully saturated rings. The number of carbonyl (C=O) groups is 2. The summed E-state index contributed by atoms with van der Waals surface area (Å²) in [6.07, 6.45) is 0.582. The van der Waals surface area contributed by atoms with Crippen molar-refractivity contribution in [3.63, 3.8) is 0 Å². The Morgan fingerprint density at radius 2 is 2.11 bits per heavy atom. The lowest BCUT2D eigenvalue weighted by molar-refractivity contribution is -0.158. The fourth-order valence-corrected chi connectivity index (χ4v) is 4.00. The van der Waals surface area contributed by atoms with Crippen molar-refractivity contribution < 1.29 is 37.7 Å². The molecule has 15 heteroatoms. The van der Waals surface area contributed by atoms with E-state index in [-0.39, 0.29) is 24.3 Å². The molecule has 0 radical (unpaired) electrons. The SMILES string of the molecule is C[C@@H](NC(=O)C1C=CC2=C(N1)N(C(=O)Nc1cnc(OC[C@H](O)CO)cn1)[C@H]1CCN2C1)C(F)(F)F. The third kappa shape index (κ3) is 5.46. The van der Waals surface area contributed by atoms with Crippen LogP contribution < -0.4 is 20.7 Å². The van der Waals surface area contributed by atoms with Gasteiger partial charge in [0, 0.05) is 13.1 Å². The number of hydrogen-bond acceptors (Lipinski definition) is 9. The summed E-state index contributed by atoms with van der Waals surface area (Å²) in [4.78, 5) is 37.2. The number of nitrogens with one attached hydrogen (secondary N) is 3. The summed E-state index contributed by atoms with van der Waals surface area (Å²) in [5, 5.41) is 25.6. The molecule has 1 unspecified atom stereocenters. The van der Waals surface area contributed by atoms with Crippen LogP contribution in [0.15, 0.2) is 36.1 Å². The van der Waals surface area contributed by atoms with Gasteiger partial charge in [0.15, 0.2) is 5.82 Å². The summed E-state index contributed by atoms with van der Waals surface area (Å²) < 4.78 is 43.8. The number of dihydropyridines is 1. The molecule has 3 amide bonds. The third-order valence-corrected chi connectivity index (χ3v) is 5.94. The number of halogens is 3. The summed E-state index contributed by atoms with van der Waals surface area (Å²) in [6.45, 7) is 1.43. The first-order valence-corrected chi connectivity index (χ1v) is 11.2. The highest BCUT2D eigenvalue weighted by Crippen LogP contribution is 2.33. The van der Waals surface area contributed by atoms with Gasteiger partial charge in [-0.2, -0.15) is 13.2 Å². The van der Waals surface area contributed by atoms with Crippen LogP contribution >= 0.6 is 0 Å². The molecule has 36 heavy (non-hydrogen) atoms. The molecular formula is C21H26F3N7O5. The van der Waals surface area contributed by atoms with E-state index in [0.29, 0.717) is 31.0 Å². The molecule has 2 bridgehead atoms. The Morgan fingerprint density at radius 1 is 1.33 bits per heavy atom. The van der Waals surface area contributed by atoms with Gasteiger partial charge in [-0.1, -0.05) is 6.08 Å². The van der Waals surface area contributed by atoms with E-state index in [9.17, 15) is 27.9 Å². The van der Waals surface area contributed by atoms with Gasteiger partial charge in [-0.05, 0) is 19.4 Å². The average Bonchev–Trinajstić information content (AvgIpc) is 3.26. The number of alkyl halides is 3. The topological polar surface area (TPSA) is 152 Å². The smallest absolute Gasteiger partial charge is 0.408 e. The second-order valence-electron chi connectivity index (χ2n) is 8.56. The number of urea groups is 1. The van der Waals surface area contributed by atoms with E-state index in [1.165, 1.54) is 23.4 Å². The first-order valence-electron chi connectivity index (χ1n) is 11.2. The van der Waals surface area contributed by atoms with E-state index in [0.717, 1.165) is 6.92 Å². The molecule has 3 aliphatic rings. The summed E-state index contributed by atoms with van der Waals surface area (Å²) in [7, 11) is 0. The van der Waals surface area contributed by atoms with Crippen molar-refractivity contribution in [2.75, 3.05) is 31.6 Å². The molecule has 5 N–H and O–H groups in total. The van der Waals surface area contributed by atoms with Crippen molar-refractivity contribution in [1.29, 1.82) is 0 Å². The number of amides is 3. The Morgan fingerprint density at radius 3 is 2.78 bits per heavy atom. The van der Waals surface area contributed by atoms with Gasteiger partial charge in [0.2, 0.25) is 11.8 Å². The van der Waals surface area contributed by atoms with Gasteiger partial charge in [-0.15, -0.1) is 0 Å². The van der Waals surface area contributed by atoms with Gasteiger partial charge < -0.3 is 30.5 Å². The molecule has 1 aromatic heterocycles. The Balaban J connectivity index is 1.45. The molecular weight excluding hydrogens is 487 g/mol. The number of aromatic nitrogens is 2. The molecule has 1 saturated heterocycles. The van der Waals surface area contributed by atoms with Crippen molar-refractivity contribution in [3.8, 4) is 5.88 Å². The van der Waals surface area contributed by atoms with Gasteiger partial charge in [-0.3, -0.25) is 15.0 Å². The normalized spacial score (nSPS) is 22.5. The Labute approximate surface area is 203 Å². The number of ether oxygens (including phenoxy) is 1. The number of hydrogen-bond donors (Lipinski definition) is 5. The maximum absolute atomic E-state index is 13.2. The average molecular weight is 513 g/mol. The van der Waals surface area contributed by atoms with E-state index >= 15 is 0 Å². The monoisotopic (exact) mass is 513 g/mol. The van der Waals surface area contributed by atoms with Gasteiger partial charge in [0.25, 0.3) is 0 Å². The zero-order chi connectivity index (χ0) is 26.0. The molecule has 0 aliphatic carbocycles. The highest BCUT2D eigenvalue weighted by Gasteiger charge is 2.43. The molecule has 3 aliphatic heterocycles. The van der Waals surface area contributed by atoms with Crippen molar-refractivity contribution >= 4 is 17.8 Å². The van der Waals surface area contributed by atoms with Crippen LogP contribution in [-0.2, 0) is 4.79 Å². The van der Waals surface area contributed by atoms with Crippen LogP contribution in [-0.4, -0.2) is 98.6 Å². The van der Waals surface area contributed by atoms with E-state index < -0.39 is 42.9 Å². The van der Waals surface area contributed by atoms with Gasteiger partial charge in [-0.25, -0.2) is 14.8 Å². The third-order valence-electron chi connectivity index (χ3n) is 5.94.